The molecule has 4 atom stereocenters. The Morgan fingerprint density at radius 1 is 0.786 bits per heavy atom. The number of para-hydroxylation sites is 1. The predicted molar refractivity (Wildman–Crippen MR) is 157 cm³/mol. The van der Waals surface area contributed by atoms with E-state index in [4.69, 9.17) is 18.9 Å². The summed E-state index contributed by atoms with van der Waals surface area (Å²) in [5.41, 5.74) is 2.41. The highest BCUT2D eigenvalue weighted by atomic mass is 16.8. The van der Waals surface area contributed by atoms with E-state index in [-0.39, 0.29) is 6.61 Å². The van der Waals surface area contributed by atoms with Gasteiger partial charge in [0.05, 0.1) is 6.61 Å². The van der Waals surface area contributed by atoms with E-state index in [9.17, 15) is 10.0 Å². The number of amides is 2. The lowest BCUT2D eigenvalue weighted by Crippen LogP contribution is -2.47. The van der Waals surface area contributed by atoms with Crippen LogP contribution in [-0.2, 0) is 24.5 Å². The maximum atomic E-state index is 13.0. The Morgan fingerprint density at radius 2 is 1.24 bits per heavy atom. The first-order valence-electron chi connectivity index (χ1n) is 14.0. The van der Waals surface area contributed by atoms with Gasteiger partial charge in [-0.05, 0) is 42.7 Å². The van der Waals surface area contributed by atoms with Crippen LogP contribution >= 0.6 is 0 Å². The molecule has 0 saturated carbocycles. The van der Waals surface area contributed by atoms with Crippen molar-refractivity contribution in [2.75, 3.05) is 11.9 Å². The number of nitrogens with one attached hydrogen (secondary N) is 1. The number of hydrogen-bond acceptors (Lipinski definition) is 6. The number of benzene rings is 4. The highest BCUT2D eigenvalue weighted by Gasteiger charge is 2.58. The van der Waals surface area contributed by atoms with Crippen LogP contribution in [0.15, 0.2) is 121 Å². The van der Waals surface area contributed by atoms with Crippen molar-refractivity contribution in [3.8, 4) is 0 Å². The minimum absolute atomic E-state index is 0.0872. The lowest BCUT2D eigenvalue weighted by atomic mass is 9.80. The molecule has 4 unspecified atom stereocenters. The second-order valence-corrected chi connectivity index (χ2v) is 10.9. The molecule has 4 aromatic rings. The molecule has 0 bridgehead atoms. The average molecular weight is 567 g/mol. The summed E-state index contributed by atoms with van der Waals surface area (Å²) < 4.78 is 25.6. The summed E-state index contributed by atoms with van der Waals surface area (Å²) >= 11 is 0. The van der Waals surface area contributed by atoms with Crippen molar-refractivity contribution in [2.45, 2.75) is 49.8 Å². The SMILES string of the molecule is CC1(C)OC2C(COC(c3ccccc3)(c3ccccc3)c3ccccc3)OC(N(O)C(=O)Nc3ccccc3)C2O1. The molecule has 6 rings (SSSR count). The molecule has 2 amide bonds. The molecule has 0 aromatic heterocycles. The van der Waals surface area contributed by atoms with Gasteiger partial charge in [-0.1, -0.05) is 109 Å². The fraction of sp³-hybridized carbons (Fsp3) is 0.265. The molecule has 8 heteroatoms. The van der Waals surface area contributed by atoms with E-state index >= 15 is 0 Å². The molecular formula is C34H34N2O6. The fourth-order valence-corrected chi connectivity index (χ4v) is 5.78. The normalized spacial score (nSPS) is 22.8. The first kappa shape index (κ1) is 28.1. The van der Waals surface area contributed by atoms with Crippen LogP contribution in [-0.4, -0.2) is 53.2 Å². The quantitative estimate of drug-likeness (QED) is 0.151. The average Bonchev–Trinajstić information content (AvgIpc) is 3.52. The summed E-state index contributed by atoms with van der Waals surface area (Å²) in [6.07, 6.45) is -3.10. The number of hydrogen-bond donors (Lipinski definition) is 2. The number of ether oxygens (including phenoxy) is 4. The van der Waals surface area contributed by atoms with Gasteiger partial charge in [0, 0.05) is 5.69 Å². The monoisotopic (exact) mass is 566 g/mol. The molecule has 2 heterocycles. The van der Waals surface area contributed by atoms with Crippen LogP contribution < -0.4 is 5.32 Å². The third-order valence-corrected chi connectivity index (χ3v) is 7.60. The number of carbonyl (C=O) groups is 1. The molecule has 4 aromatic carbocycles. The van der Waals surface area contributed by atoms with E-state index in [2.05, 4.69) is 5.32 Å². The molecule has 2 aliphatic rings. The van der Waals surface area contributed by atoms with Gasteiger partial charge in [0.2, 0.25) is 0 Å². The van der Waals surface area contributed by atoms with Crippen molar-refractivity contribution >= 4 is 11.7 Å². The number of anilines is 1. The number of carbonyl (C=O) groups excluding carboxylic acids is 1. The summed E-state index contributed by atoms with van der Waals surface area (Å²) in [6, 6.07) is 38.3. The van der Waals surface area contributed by atoms with Crippen LogP contribution in [0.2, 0.25) is 0 Å². The molecule has 2 N–H and O–H groups in total. The molecule has 0 aliphatic carbocycles. The lowest BCUT2D eigenvalue weighted by molar-refractivity contribution is -0.244. The maximum absolute atomic E-state index is 13.0. The van der Waals surface area contributed by atoms with Gasteiger partial charge in [0.25, 0.3) is 0 Å². The zero-order chi connectivity index (χ0) is 29.2. The summed E-state index contributed by atoms with van der Waals surface area (Å²) in [5, 5.41) is 14.2. The minimum atomic E-state index is -1.12. The minimum Gasteiger partial charge on any atom is -0.358 e. The zero-order valence-corrected chi connectivity index (χ0v) is 23.5. The molecule has 2 aliphatic heterocycles. The van der Waals surface area contributed by atoms with E-state index in [0.717, 1.165) is 16.7 Å². The smallest absolute Gasteiger partial charge is 0.348 e. The second-order valence-electron chi connectivity index (χ2n) is 10.9. The molecule has 2 saturated heterocycles. The van der Waals surface area contributed by atoms with Crippen molar-refractivity contribution < 1.29 is 28.9 Å². The number of hydroxylamine groups is 2. The predicted octanol–water partition coefficient (Wildman–Crippen LogP) is 6.16. The summed E-state index contributed by atoms with van der Waals surface area (Å²) in [5.74, 6) is -0.943. The van der Waals surface area contributed by atoms with E-state index in [1.165, 1.54) is 0 Å². The highest BCUT2D eigenvalue weighted by molar-refractivity contribution is 5.88. The molecule has 0 spiro atoms. The fourth-order valence-electron chi connectivity index (χ4n) is 5.78. The molecular weight excluding hydrogens is 532 g/mol. The summed E-state index contributed by atoms with van der Waals surface area (Å²) in [7, 11) is 0. The van der Waals surface area contributed by atoms with E-state index in [0.29, 0.717) is 10.8 Å². The Labute approximate surface area is 245 Å². The second kappa shape index (κ2) is 11.7. The zero-order valence-electron chi connectivity index (χ0n) is 23.5. The van der Waals surface area contributed by atoms with Crippen LogP contribution in [0.25, 0.3) is 0 Å². The molecule has 2 fully saturated rings. The third-order valence-electron chi connectivity index (χ3n) is 7.60. The van der Waals surface area contributed by atoms with Crippen LogP contribution in [0.1, 0.15) is 30.5 Å². The Balaban J connectivity index is 1.32. The van der Waals surface area contributed by atoms with Crippen molar-refractivity contribution in [1.82, 2.24) is 5.06 Å². The Kier molecular flexibility index (Phi) is 7.81. The Hall–Kier alpha value is -4.05. The highest BCUT2D eigenvalue weighted by Crippen LogP contribution is 2.44. The molecule has 0 radical (unpaired) electrons. The van der Waals surface area contributed by atoms with Crippen molar-refractivity contribution in [2.24, 2.45) is 0 Å². The van der Waals surface area contributed by atoms with Gasteiger partial charge in [-0.25, -0.2) is 4.79 Å². The van der Waals surface area contributed by atoms with Crippen molar-refractivity contribution in [3.63, 3.8) is 0 Å². The first-order chi connectivity index (χ1) is 20.4. The van der Waals surface area contributed by atoms with Gasteiger partial charge in [0.1, 0.15) is 23.9 Å². The molecule has 216 valence electrons. The van der Waals surface area contributed by atoms with E-state index in [1.54, 1.807) is 38.1 Å². The number of fused-ring (bicyclic) bond motifs is 1. The van der Waals surface area contributed by atoms with Crippen LogP contribution in [0, 0.1) is 0 Å². The van der Waals surface area contributed by atoms with Gasteiger partial charge in [-0.15, -0.1) is 0 Å². The van der Waals surface area contributed by atoms with Crippen molar-refractivity contribution in [1.29, 1.82) is 0 Å². The van der Waals surface area contributed by atoms with Gasteiger partial charge in [-0.3, -0.25) is 5.21 Å². The Morgan fingerprint density at radius 3 is 1.74 bits per heavy atom. The lowest BCUT2D eigenvalue weighted by Gasteiger charge is -2.37. The van der Waals surface area contributed by atoms with Crippen LogP contribution in [0.5, 0.6) is 0 Å². The van der Waals surface area contributed by atoms with Crippen LogP contribution in [0.3, 0.4) is 0 Å². The Bertz CT molecular complexity index is 1370. The van der Waals surface area contributed by atoms with Gasteiger partial charge in [0.15, 0.2) is 12.0 Å². The van der Waals surface area contributed by atoms with Crippen LogP contribution in [0.4, 0.5) is 10.5 Å². The maximum Gasteiger partial charge on any atom is 0.348 e. The van der Waals surface area contributed by atoms with Gasteiger partial charge in [-0.2, -0.15) is 5.06 Å². The molecule has 8 nitrogen and oxygen atoms in total. The molecule has 42 heavy (non-hydrogen) atoms. The standard InChI is InChI=1S/C34H34N2O6/c1-33(2)41-29-28(40-31(30(29)42-33)36(38)32(37)35-27-21-13-6-14-22-27)23-39-34(24-15-7-3-8-16-24,25-17-9-4-10-18-25)26-19-11-5-12-20-26/h3-22,28-31,38H,23H2,1-2H3,(H,35,37). The number of urea groups is 1. The van der Waals surface area contributed by atoms with Gasteiger partial charge < -0.3 is 24.3 Å². The van der Waals surface area contributed by atoms with E-state index < -0.39 is 42.0 Å². The first-order valence-corrected chi connectivity index (χ1v) is 14.0. The third kappa shape index (κ3) is 5.43. The topological polar surface area (TPSA) is 89.5 Å². The summed E-state index contributed by atoms with van der Waals surface area (Å²) in [4.78, 5) is 13.0. The van der Waals surface area contributed by atoms with E-state index in [1.807, 2.05) is 97.1 Å². The summed E-state index contributed by atoms with van der Waals surface area (Å²) in [6.45, 7) is 3.69. The number of rotatable bonds is 8. The van der Waals surface area contributed by atoms with Gasteiger partial charge >= 0.3 is 6.03 Å². The largest absolute Gasteiger partial charge is 0.358 e. The van der Waals surface area contributed by atoms with Crippen molar-refractivity contribution in [3.05, 3.63) is 138 Å². The number of nitrogens with zero attached hydrogens (tertiary/aromatic N) is 1.